The maximum atomic E-state index is 12.7. The number of amides is 1. The van der Waals surface area contributed by atoms with E-state index in [0.717, 1.165) is 42.5 Å². The average molecular weight is 368 g/mol. The number of likely N-dealkylation sites (tertiary alicyclic amines) is 1. The third-order valence-electron chi connectivity index (χ3n) is 4.82. The van der Waals surface area contributed by atoms with Gasteiger partial charge < -0.3 is 9.64 Å². The summed E-state index contributed by atoms with van der Waals surface area (Å²) in [5.74, 6) is 1.22. The fourth-order valence-electron chi connectivity index (χ4n) is 3.22. The minimum atomic E-state index is 0.0693. The van der Waals surface area contributed by atoms with Crippen molar-refractivity contribution in [1.29, 1.82) is 0 Å². The van der Waals surface area contributed by atoms with Gasteiger partial charge in [-0.15, -0.1) is 0 Å². The van der Waals surface area contributed by atoms with Gasteiger partial charge in [0.05, 0.1) is 18.3 Å². The summed E-state index contributed by atoms with van der Waals surface area (Å²) in [6, 6.07) is 9.44. The quantitative estimate of drug-likeness (QED) is 0.707. The van der Waals surface area contributed by atoms with Gasteiger partial charge in [0.2, 0.25) is 5.88 Å². The molecule has 26 heavy (non-hydrogen) atoms. The van der Waals surface area contributed by atoms with E-state index in [1.165, 1.54) is 11.7 Å². The molecule has 2 aromatic heterocycles. The van der Waals surface area contributed by atoms with Crippen LogP contribution in [0.3, 0.4) is 0 Å². The summed E-state index contributed by atoms with van der Waals surface area (Å²) in [6.07, 6.45) is 3.63. The minimum absolute atomic E-state index is 0.0693. The van der Waals surface area contributed by atoms with Crippen LogP contribution in [-0.2, 0) is 0 Å². The highest BCUT2D eigenvalue weighted by Gasteiger charge is 2.24. The number of carbonyl (C=O) groups excluding carboxylic acids is 1. The maximum Gasteiger partial charge on any atom is 0.253 e. The maximum absolute atomic E-state index is 12.7. The molecule has 1 aliphatic rings. The van der Waals surface area contributed by atoms with E-state index in [9.17, 15) is 4.79 Å². The fraction of sp³-hybridized carbons (Fsp3) is 0.368. The molecule has 0 saturated carbocycles. The summed E-state index contributed by atoms with van der Waals surface area (Å²) >= 11 is 1.17. The van der Waals surface area contributed by atoms with E-state index >= 15 is 0 Å². The third-order valence-corrected chi connectivity index (χ3v) is 5.38. The van der Waals surface area contributed by atoms with Crippen molar-refractivity contribution in [3.63, 3.8) is 0 Å². The number of rotatable bonds is 4. The molecular weight excluding hydrogens is 348 g/mol. The van der Waals surface area contributed by atoms with Crippen molar-refractivity contribution >= 4 is 28.7 Å². The molecular formula is C19H20N4O2S. The summed E-state index contributed by atoms with van der Waals surface area (Å²) in [7, 11) is 0. The molecule has 0 aliphatic carbocycles. The Balaban J connectivity index is 1.32. The van der Waals surface area contributed by atoms with Crippen molar-refractivity contribution < 1.29 is 9.53 Å². The molecule has 1 amide bonds. The van der Waals surface area contributed by atoms with Gasteiger partial charge in [-0.2, -0.15) is 8.75 Å². The Kier molecular flexibility index (Phi) is 4.79. The predicted octanol–water partition coefficient (Wildman–Crippen LogP) is 3.33. The molecule has 6 nitrogen and oxygen atoms in total. The monoisotopic (exact) mass is 368 g/mol. The highest BCUT2D eigenvalue weighted by molar-refractivity contribution is 7.00. The number of hydrogen-bond acceptors (Lipinski definition) is 6. The molecule has 3 aromatic rings. The van der Waals surface area contributed by atoms with Crippen LogP contribution in [-0.4, -0.2) is 44.2 Å². The number of ether oxygens (including phenoxy) is 1. The van der Waals surface area contributed by atoms with Gasteiger partial charge >= 0.3 is 0 Å². The number of piperidine rings is 1. The second-order valence-electron chi connectivity index (χ2n) is 6.64. The Bertz CT molecular complexity index is 919. The van der Waals surface area contributed by atoms with E-state index in [-0.39, 0.29) is 5.91 Å². The lowest BCUT2D eigenvalue weighted by Gasteiger charge is -2.32. The van der Waals surface area contributed by atoms with Crippen LogP contribution in [0.15, 0.2) is 36.5 Å². The van der Waals surface area contributed by atoms with Crippen molar-refractivity contribution in [3.8, 4) is 5.88 Å². The first-order valence-electron chi connectivity index (χ1n) is 8.77. The van der Waals surface area contributed by atoms with Crippen LogP contribution >= 0.6 is 11.7 Å². The zero-order valence-corrected chi connectivity index (χ0v) is 15.4. The molecule has 0 atom stereocenters. The fourth-order valence-corrected chi connectivity index (χ4v) is 3.74. The lowest BCUT2D eigenvalue weighted by molar-refractivity contribution is 0.0659. The number of pyridine rings is 1. The van der Waals surface area contributed by atoms with Crippen molar-refractivity contribution in [2.45, 2.75) is 19.8 Å². The predicted molar refractivity (Wildman–Crippen MR) is 101 cm³/mol. The summed E-state index contributed by atoms with van der Waals surface area (Å²) in [5.41, 5.74) is 3.36. The van der Waals surface area contributed by atoms with Gasteiger partial charge in [0, 0.05) is 30.4 Å². The van der Waals surface area contributed by atoms with Crippen LogP contribution in [0.2, 0.25) is 0 Å². The first-order valence-corrected chi connectivity index (χ1v) is 9.50. The summed E-state index contributed by atoms with van der Waals surface area (Å²) < 4.78 is 14.3. The number of benzene rings is 1. The van der Waals surface area contributed by atoms with Gasteiger partial charge in [-0.3, -0.25) is 4.79 Å². The van der Waals surface area contributed by atoms with Crippen LogP contribution in [0.25, 0.3) is 11.0 Å². The topological polar surface area (TPSA) is 68.2 Å². The van der Waals surface area contributed by atoms with Crippen molar-refractivity contribution in [2.75, 3.05) is 19.7 Å². The van der Waals surface area contributed by atoms with Gasteiger partial charge in [-0.25, -0.2) is 4.98 Å². The summed E-state index contributed by atoms with van der Waals surface area (Å²) in [5, 5.41) is 0. The van der Waals surface area contributed by atoms with Crippen molar-refractivity contribution in [2.24, 2.45) is 5.92 Å². The summed E-state index contributed by atoms with van der Waals surface area (Å²) in [6.45, 7) is 4.15. The molecule has 4 rings (SSSR count). The number of nitrogens with zero attached hydrogens (tertiary/aromatic N) is 4. The summed E-state index contributed by atoms with van der Waals surface area (Å²) in [4.78, 5) is 18.9. The first-order chi connectivity index (χ1) is 12.7. The van der Waals surface area contributed by atoms with E-state index in [4.69, 9.17) is 4.74 Å². The number of fused-ring (bicyclic) bond motifs is 1. The molecule has 0 unspecified atom stereocenters. The molecule has 1 aromatic carbocycles. The number of aryl methyl sites for hydroxylation is 1. The normalized spacial score (nSPS) is 15.3. The van der Waals surface area contributed by atoms with Gasteiger partial charge in [0.25, 0.3) is 5.91 Å². The van der Waals surface area contributed by atoms with E-state index < -0.39 is 0 Å². The highest BCUT2D eigenvalue weighted by atomic mass is 32.1. The number of aromatic nitrogens is 3. The van der Waals surface area contributed by atoms with E-state index in [0.29, 0.717) is 24.0 Å². The van der Waals surface area contributed by atoms with Crippen LogP contribution in [0.1, 0.15) is 28.8 Å². The zero-order chi connectivity index (χ0) is 17.9. The van der Waals surface area contributed by atoms with Crippen molar-refractivity contribution in [1.82, 2.24) is 18.6 Å². The molecule has 0 N–H and O–H groups in total. The van der Waals surface area contributed by atoms with E-state index in [2.05, 4.69) is 13.7 Å². The van der Waals surface area contributed by atoms with Crippen LogP contribution in [0, 0.1) is 12.8 Å². The van der Waals surface area contributed by atoms with E-state index in [1.54, 1.807) is 6.20 Å². The Labute approximate surface area is 156 Å². The molecule has 0 radical (unpaired) electrons. The second-order valence-corrected chi connectivity index (χ2v) is 7.17. The Hall–Kier alpha value is -2.54. The van der Waals surface area contributed by atoms with E-state index in [1.807, 2.05) is 42.2 Å². The van der Waals surface area contributed by atoms with Gasteiger partial charge in [0.1, 0.15) is 11.0 Å². The molecule has 134 valence electrons. The Morgan fingerprint density at radius 3 is 2.85 bits per heavy atom. The first kappa shape index (κ1) is 16.9. The lowest BCUT2D eigenvalue weighted by atomic mass is 9.97. The molecule has 3 heterocycles. The van der Waals surface area contributed by atoms with Crippen LogP contribution in [0.5, 0.6) is 5.88 Å². The largest absolute Gasteiger partial charge is 0.477 e. The lowest BCUT2D eigenvalue weighted by Crippen LogP contribution is -2.39. The number of carbonyl (C=O) groups is 1. The Morgan fingerprint density at radius 1 is 1.23 bits per heavy atom. The highest BCUT2D eigenvalue weighted by Crippen LogP contribution is 2.22. The van der Waals surface area contributed by atoms with Gasteiger partial charge in [-0.1, -0.05) is 6.07 Å². The van der Waals surface area contributed by atoms with Crippen LogP contribution < -0.4 is 4.74 Å². The molecule has 0 bridgehead atoms. The number of hydrogen-bond donors (Lipinski definition) is 0. The molecule has 1 saturated heterocycles. The third kappa shape index (κ3) is 3.53. The SMILES string of the molecule is Cc1cccnc1OCC1CCN(C(=O)c2ccc3nsnc3c2)CC1. The molecule has 1 aliphatic heterocycles. The average Bonchev–Trinajstić information content (AvgIpc) is 3.15. The minimum Gasteiger partial charge on any atom is -0.477 e. The molecule has 0 spiro atoms. The molecule has 7 heteroatoms. The van der Waals surface area contributed by atoms with Gasteiger partial charge in [0.15, 0.2) is 0 Å². The Morgan fingerprint density at radius 2 is 2.04 bits per heavy atom. The van der Waals surface area contributed by atoms with Crippen LogP contribution in [0.4, 0.5) is 0 Å². The molecule has 1 fully saturated rings. The standard InChI is InChI=1S/C19H20N4O2S/c1-13-3-2-8-20-18(13)25-12-14-6-9-23(10-7-14)19(24)15-4-5-16-17(11-15)22-26-21-16/h2-5,8,11,14H,6-7,9-10,12H2,1H3. The second kappa shape index (κ2) is 7.37. The smallest absolute Gasteiger partial charge is 0.253 e. The van der Waals surface area contributed by atoms with Gasteiger partial charge in [-0.05, 0) is 49.9 Å². The van der Waals surface area contributed by atoms with Crippen molar-refractivity contribution in [3.05, 3.63) is 47.7 Å². The zero-order valence-electron chi connectivity index (χ0n) is 14.6.